The molecule has 1 saturated heterocycles. The highest BCUT2D eigenvalue weighted by atomic mass is 35.5. The number of carbonyl (C=O) groups excluding carboxylic acids is 2. The number of hydrogen-bond acceptors (Lipinski definition) is 3. The largest absolute Gasteiger partial charge is 0.478 e. The van der Waals surface area contributed by atoms with Crippen LogP contribution in [-0.4, -0.2) is 41.4 Å². The minimum atomic E-state index is -1.00. The second-order valence-electron chi connectivity index (χ2n) is 8.50. The van der Waals surface area contributed by atoms with Crippen LogP contribution in [0, 0.1) is 5.92 Å². The number of carbonyl (C=O) groups is 2. The van der Waals surface area contributed by atoms with E-state index in [0.29, 0.717) is 29.9 Å². The van der Waals surface area contributed by atoms with Gasteiger partial charge in [0.2, 0.25) is 5.91 Å². The van der Waals surface area contributed by atoms with Crippen molar-refractivity contribution in [1.82, 2.24) is 10.2 Å². The van der Waals surface area contributed by atoms with E-state index in [1.54, 1.807) is 43.0 Å². The molecule has 1 saturated carbocycles. The number of amides is 2. The Bertz CT molecular complexity index is 684. The highest BCUT2D eigenvalue weighted by Gasteiger charge is 2.38. The molecule has 1 aromatic carbocycles. The van der Waals surface area contributed by atoms with E-state index in [1.165, 1.54) is 19.3 Å². The molecule has 0 aromatic heterocycles. The number of hydrogen-bond donors (Lipinski definition) is 1. The first-order valence-electron chi connectivity index (χ1n) is 10.4. The quantitative estimate of drug-likeness (QED) is 0.797. The van der Waals surface area contributed by atoms with Gasteiger partial charge in [0, 0.05) is 24.2 Å². The summed E-state index contributed by atoms with van der Waals surface area (Å²) in [6.07, 6.45) is 7.46. The third-order valence-corrected chi connectivity index (χ3v) is 5.98. The summed E-state index contributed by atoms with van der Waals surface area (Å²) in [6.45, 7) is 4.68. The number of benzene rings is 1. The van der Waals surface area contributed by atoms with Crippen LogP contribution in [0.25, 0.3) is 0 Å². The Kier molecular flexibility index (Phi) is 6.86. The summed E-state index contributed by atoms with van der Waals surface area (Å²) in [7, 11) is 0. The molecule has 5 nitrogen and oxygen atoms in total. The summed E-state index contributed by atoms with van der Waals surface area (Å²) in [5.41, 5.74) is -1.00. The average molecular weight is 407 g/mol. The Morgan fingerprint density at radius 2 is 1.75 bits per heavy atom. The van der Waals surface area contributed by atoms with E-state index in [9.17, 15) is 9.59 Å². The van der Waals surface area contributed by atoms with Crippen molar-refractivity contribution in [2.24, 2.45) is 5.92 Å². The van der Waals surface area contributed by atoms with Crippen molar-refractivity contribution in [3.05, 3.63) is 29.3 Å². The molecule has 154 valence electrons. The molecular formula is C22H31ClN2O3. The zero-order valence-corrected chi connectivity index (χ0v) is 17.6. The fraction of sp³-hybridized carbons (Fsp3) is 0.636. The summed E-state index contributed by atoms with van der Waals surface area (Å²) in [6, 6.07) is 7.30. The Hall–Kier alpha value is -1.75. The maximum absolute atomic E-state index is 13.1. The normalized spacial score (nSPS) is 21.2. The molecule has 1 aromatic rings. The minimum Gasteiger partial charge on any atom is -0.478 e. The summed E-state index contributed by atoms with van der Waals surface area (Å²) >= 11 is 5.91. The number of nitrogens with zero attached hydrogens (tertiary/aromatic N) is 1. The van der Waals surface area contributed by atoms with E-state index in [2.05, 4.69) is 5.32 Å². The maximum atomic E-state index is 13.1. The zero-order valence-electron chi connectivity index (χ0n) is 16.9. The van der Waals surface area contributed by atoms with Gasteiger partial charge in [0.25, 0.3) is 5.91 Å². The predicted molar refractivity (Wildman–Crippen MR) is 110 cm³/mol. The van der Waals surface area contributed by atoms with E-state index in [0.717, 1.165) is 25.7 Å². The molecule has 6 heteroatoms. The van der Waals surface area contributed by atoms with Crippen LogP contribution in [0.1, 0.15) is 58.8 Å². The van der Waals surface area contributed by atoms with Crippen molar-refractivity contribution in [3.8, 4) is 5.75 Å². The van der Waals surface area contributed by atoms with Crippen LogP contribution < -0.4 is 10.1 Å². The summed E-state index contributed by atoms with van der Waals surface area (Å²) < 4.78 is 5.94. The van der Waals surface area contributed by atoms with Gasteiger partial charge in [0.15, 0.2) is 5.60 Å². The molecule has 1 heterocycles. The molecule has 0 radical (unpaired) electrons. The third kappa shape index (κ3) is 5.40. The van der Waals surface area contributed by atoms with Crippen LogP contribution >= 0.6 is 11.6 Å². The molecule has 2 fully saturated rings. The van der Waals surface area contributed by atoms with Gasteiger partial charge in [0.1, 0.15) is 5.75 Å². The van der Waals surface area contributed by atoms with Gasteiger partial charge in [-0.2, -0.15) is 0 Å². The van der Waals surface area contributed by atoms with Gasteiger partial charge in [-0.3, -0.25) is 9.59 Å². The third-order valence-electron chi connectivity index (χ3n) is 5.73. The van der Waals surface area contributed by atoms with Crippen LogP contribution in [-0.2, 0) is 9.59 Å². The van der Waals surface area contributed by atoms with E-state index in [1.807, 2.05) is 0 Å². The van der Waals surface area contributed by atoms with E-state index >= 15 is 0 Å². The van der Waals surface area contributed by atoms with Gasteiger partial charge < -0.3 is 15.0 Å². The molecular weight excluding hydrogens is 376 g/mol. The second kappa shape index (κ2) is 9.17. The van der Waals surface area contributed by atoms with Crippen molar-refractivity contribution in [3.63, 3.8) is 0 Å². The lowest BCUT2D eigenvalue weighted by molar-refractivity contribution is -0.148. The van der Waals surface area contributed by atoms with E-state index in [4.69, 9.17) is 16.3 Å². The van der Waals surface area contributed by atoms with E-state index in [-0.39, 0.29) is 17.7 Å². The van der Waals surface area contributed by atoms with Crippen LogP contribution in [0.3, 0.4) is 0 Å². The molecule has 0 spiro atoms. The summed E-state index contributed by atoms with van der Waals surface area (Å²) in [5.74, 6) is 0.482. The van der Waals surface area contributed by atoms with Gasteiger partial charge >= 0.3 is 0 Å². The lowest BCUT2D eigenvalue weighted by Gasteiger charge is -2.37. The molecule has 1 unspecified atom stereocenters. The first kappa shape index (κ1) is 21.0. The number of halogens is 1. The molecule has 2 amide bonds. The first-order chi connectivity index (χ1) is 13.3. The SMILES string of the molecule is CC(C)(Oc1ccc(Cl)cc1)C(=O)N1CCCC(C(=O)NC2CCCCC2)C1. The standard InChI is InChI=1S/C22H31ClN2O3/c1-22(2,28-19-12-10-17(23)11-13-19)21(27)25-14-6-7-16(15-25)20(26)24-18-8-4-3-5-9-18/h10-13,16,18H,3-9,14-15H2,1-2H3,(H,24,26). The van der Waals surface area contributed by atoms with Gasteiger partial charge in [-0.1, -0.05) is 30.9 Å². The van der Waals surface area contributed by atoms with Gasteiger partial charge in [-0.05, 0) is 63.8 Å². The molecule has 3 rings (SSSR count). The topological polar surface area (TPSA) is 58.6 Å². The number of likely N-dealkylation sites (tertiary alicyclic amines) is 1. The summed E-state index contributed by atoms with van der Waals surface area (Å²) in [5, 5.41) is 3.84. The molecule has 1 aliphatic carbocycles. The molecule has 2 aliphatic rings. The Morgan fingerprint density at radius 1 is 1.07 bits per heavy atom. The van der Waals surface area contributed by atoms with Crippen LogP contribution in [0.4, 0.5) is 0 Å². The van der Waals surface area contributed by atoms with Gasteiger partial charge in [0.05, 0.1) is 5.92 Å². The molecule has 1 aliphatic heterocycles. The maximum Gasteiger partial charge on any atom is 0.266 e. The second-order valence-corrected chi connectivity index (χ2v) is 8.94. The van der Waals surface area contributed by atoms with Crippen molar-refractivity contribution in [2.75, 3.05) is 13.1 Å². The smallest absolute Gasteiger partial charge is 0.266 e. The van der Waals surface area contributed by atoms with Gasteiger partial charge in [-0.25, -0.2) is 0 Å². The van der Waals surface area contributed by atoms with Crippen molar-refractivity contribution in [1.29, 1.82) is 0 Å². The minimum absolute atomic E-state index is 0.0855. The Morgan fingerprint density at radius 3 is 2.43 bits per heavy atom. The van der Waals surface area contributed by atoms with Crippen LogP contribution in [0.15, 0.2) is 24.3 Å². The lowest BCUT2D eigenvalue weighted by Crippen LogP contribution is -2.54. The summed E-state index contributed by atoms with van der Waals surface area (Å²) in [4.78, 5) is 27.6. The molecule has 0 bridgehead atoms. The van der Waals surface area contributed by atoms with Crippen LogP contribution in [0.2, 0.25) is 5.02 Å². The first-order valence-corrected chi connectivity index (χ1v) is 10.8. The van der Waals surface area contributed by atoms with Crippen molar-refractivity contribution >= 4 is 23.4 Å². The van der Waals surface area contributed by atoms with Gasteiger partial charge in [-0.15, -0.1) is 0 Å². The number of rotatable bonds is 5. The number of piperidine rings is 1. The van der Waals surface area contributed by atoms with Crippen LogP contribution in [0.5, 0.6) is 5.75 Å². The Labute approximate surface area is 172 Å². The number of nitrogens with one attached hydrogen (secondary N) is 1. The molecule has 28 heavy (non-hydrogen) atoms. The fourth-order valence-electron chi connectivity index (χ4n) is 4.16. The lowest BCUT2D eigenvalue weighted by atomic mass is 9.92. The monoisotopic (exact) mass is 406 g/mol. The highest BCUT2D eigenvalue weighted by molar-refractivity contribution is 6.30. The van der Waals surface area contributed by atoms with Crippen molar-refractivity contribution in [2.45, 2.75) is 70.4 Å². The average Bonchev–Trinajstić information content (AvgIpc) is 2.70. The fourth-order valence-corrected chi connectivity index (χ4v) is 4.29. The van der Waals surface area contributed by atoms with Crippen molar-refractivity contribution < 1.29 is 14.3 Å². The predicted octanol–water partition coefficient (Wildman–Crippen LogP) is 4.18. The number of ether oxygens (including phenoxy) is 1. The molecule has 1 N–H and O–H groups in total. The molecule has 1 atom stereocenters. The zero-order chi connectivity index (χ0) is 20.1. The Balaban J connectivity index is 1.58. The van der Waals surface area contributed by atoms with E-state index < -0.39 is 5.60 Å². The highest BCUT2D eigenvalue weighted by Crippen LogP contribution is 2.26.